The van der Waals surface area contributed by atoms with Gasteiger partial charge in [0, 0.05) is 7.11 Å². The molecule has 0 saturated carbocycles. The van der Waals surface area contributed by atoms with Gasteiger partial charge in [0.15, 0.2) is 0 Å². The second kappa shape index (κ2) is 7.98. The maximum atomic E-state index is 12.2. The first-order valence-corrected chi connectivity index (χ1v) is 6.94. The van der Waals surface area contributed by atoms with E-state index in [1.54, 1.807) is 41.5 Å². The van der Waals surface area contributed by atoms with Gasteiger partial charge in [0.1, 0.15) is 18.2 Å². The van der Waals surface area contributed by atoms with Crippen LogP contribution in [0, 0.1) is 5.41 Å². The molecule has 0 spiro atoms. The molecule has 0 bridgehead atoms. The number of carbonyl (C=O) groups excluding carboxylic acids is 3. The van der Waals surface area contributed by atoms with Crippen molar-refractivity contribution in [2.45, 2.75) is 53.2 Å². The molecule has 128 valence electrons. The predicted molar refractivity (Wildman–Crippen MR) is 80.8 cm³/mol. The molecule has 3 amide bonds. The average Bonchev–Trinajstić information content (AvgIpc) is 2.30. The first kappa shape index (κ1) is 20.2. The Morgan fingerprint density at radius 3 is 1.95 bits per heavy atom. The van der Waals surface area contributed by atoms with Crippen molar-refractivity contribution >= 4 is 17.9 Å². The molecule has 3 N–H and O–H groups in total. The fraction of sp³-hybridized carbons (Fsp3) is 0.786. The van der Waals surface area contributed by atoms with Crippen LogP contribution in [-0.2, 0) is 19.1 Å². The van der Waals surface area contributed by atoms with Crippen LogP contribution in [0.4, 0.5) is 4.79 Å². The average molecular weight is 317 g/mol. The zero-order valence-electron chi connectivity index (χ0n) is 14.3. The van der Waals surface area contributed by atoms with Crippen molar-refractivity contribution in [3.05, 3.63) is 0 Å². The first-order chi connectivity index (χ1) is 9.86. The summed E-state index contributed by atoms with van der Waals surface area (Å²) in [5.41, 5.74) is 3.21. The van der Waals surface area contributed by atoms with Gasteiger partial charge in [-0.15, -0.1) is 0 Å². The van der Waals surface area contributed by atoms with E-state index in [4.69, 9.17) is 4.74 Å². The van der Waals surface area contributed by atoms with Crippen LogP contribution >= 0.6 is 0 Å². The number of amides is 3. The highest BCUT2D eigenvalue weighted by Crippen LogP contribution is 2.20. The lowest BCUT2D eigenvalue weighted by Gasteiger charge is -2.31. The van der Waals surface area contributed by atoms with E-state index in [-0.39, 0.29) is 6.61 Å². The van der Waals surface area contributed by atoms with Crippen LogP contribution in [0.5, 0.6) is 0 Å². The van der Waals surface area contributed by atoms with Gasteiger partial charge in [-0.2, -0.15) is 0 Å². The highest BCUT2D eigenvalue weighted by Gasteiger charge is 2.34. The molecular formula is C14H27N3O5. The van der Waals surface area contributed by atoms with E-state index in [1.807, 2.05) is 0 Å². The number of alkyl carbamates (subject to hydrolysis) is 1. The van der Waals surface area contributed by atoms with Gasteiger partial charge in [-0.3, -0.25) is 20.4 Å². The number of hydrogen-bond donors (Lipinski definition) is 3. The number of methoxy groups -OCH3 is 1. The fourth-order valence-electron chi connectivity index (χ4n) is 1.47. The van der Waals surface area contributed by atoms with E-state index >= 15 is 0 Å². The Morgan fingerprint density at radius 2 is 1.55 bits per heavy atom. The smallest absolute Gasteiger partial charge is 0.408 e. The Kier molecular flexibility index (Phi) is 7.31. The van der Waals surface area contributed by atoms with Crippen molar-refractivity contribution < 1.29 is 23.9 Å². The van der Waals surface area contributed by atoms with Crippen molar-refractivity contribution in [3.63, 3.8) is 0 Å². The number of hydrazine groups is 1. The van der Waals surface area contributed by atoms with E-state index in [2.05, 4.69) is 20.9 Å². The monoisotopic (exact) mass is 317 g/mol. The molecule has 0 saturated heterocycles. The van der Waals surface area contributed by atoms with Crippen LogP contribution in [0.25, 0.3) is 0 Å². The maximum Gasteiger partial charge on any atom is 0.408 e. The van der Waals surface area contributed by atoms with Gasteiger partial charge in [0.05, 0.1) is 0 Å². The summed E-state index contributed by atoms with van der Waals surface area (Å²) in [6, 6.07) is -0.884. The minimum Gasteiger partial charge on any atom is -0.444 e. The summed E-state index contributed by atoms with van der Waals surface area (Å²) in [5.74, 6) is -1.05. The van der Waals surface area contributed by atoms with Gasteiger partial charge in [0.25, 0.3) is 11.8 Å². The molecule has 22 heavy (non-hydrogen) atoms. The Balaban J connectivity index is 4.75. The molecular weight excluding hydrogens is 290 g/mol. The van der Waals surface area contributed by atoms with Gasteiger partial charge >= 0.3 is 6.09 Å². The van der Waals surface area contributed by atoms with E-state index in [9.17, 15) is 14.4 Å². The molecule has 0 aromatic heterocycles. The standard InChI is InChI=1S/C14H27N3O5/c1-13(2,3)10(15-12(20)22-14(4,5)6)11(19)17-16-9(18)8-21-7/h10H,8H2,1-7H3,(H,15,20)(H,16,18)(H,17,19)/t10-/m1/s1. The van der Waals surface area contributed by atoms with E-state index in [0.717, 1.165) is 0 Å². The van der Waals surface area contributed by atoms with Crippen LogP contribution < -0.4 is 16.2 Å². The zero-order valence-corrected chi connectivity index (χ0v) is 14.3. The quantitative estimate of drug-likeness (QED) is 0.663. The summed E-state index contributed by atoms with van der Waals surface area (Å²) in [4.78, 5) is 35.3. The molecule has 0 aromatic carbocycles. The fourth-order valence-corrected chi connectivity index (χ4v) is 1.47. The van der Waals surface area contributed by atoms with Crippen LogP contribution in [0.2, 0.25) is 0 Å². The molecule has 0 aromatic rings. The Morgan fingerprint density at radius 1 is 1.00 bits per heavy atom. The summed E-state index contributed by atoms with van der Waals surface area (Å²) in [7, 11) is 1.36. The topological polar surface area (TPSA) is 106 Å². The minimum atomic E-state index is -0.884. The van der Waals surface area contributed by atoms with Crippen molar-refractivity contribution in [2.75, 3.05) is 13.7 Å². The molecule has 0 radical (unpaired) electrons. The molecule has 8 heteroatoms. The molecule has 0 aliphatic heterocycles. The molecule has 8 nitrogen and oxygen atoms in total. The molecule has 0 aliphatic carbocycles. The third-order valence-electron chi connectivity index (χ3n) is 2.39. The summed E-state index contributed by atoms with van der Waals surface area (Å²) < 4.78 is 9.77. The van der Waals surface area contributed by atoms with Crippen LogP contribution in [-0.4, -0.2) is 43.3 Å². The minimum absolute atomic E-state index is 0.181. The number of nitrogens with one attached hydrogen (secondary N) is 3. The highest BCUT2D eigenvalue weighted by molar-refractivity contribution is 5.88. The molecule has 0 rings (SSSR count). The maximum absolute atomic E-state index is 12.2. The van der Waals surface area contributed by atoms with Gasteiger partial charge < -0.3 is 14.8 Å². The van der Waals surface area contributed by atoms with Crippen molar-refractivity contribution in [1.29, 1.82) is 0 Å². The van der Waals surface area contributed by atoms with Crippen LogP contribution in [0.3, 0.4) is 0 Å². The molecule has 0 heterocycles. The SMILES string of the molecule is COCC(=O)NNC(=O)[C@@H](NC(=O)OC(C)(C)C)C(C)(C)C. The lowest BCUT2D eigenvalue weighted by atomic mass is 9.86. The van der Waals surface area contributed by atoms with Crippen LogP contribution in [0.15, 0.2) is 0 Å². The van der Waals surface area contributed by atoms with Crippen molar-refractivity contribution in [3.8, 4) is 0 Å². The van der Waals surface area contributed by atoms with E-state index in [1.165, 1.54) is 7.11 Å². The number of hydrogen-bond acceptors (Lipinski definition) is 5. The second-order valence-corrected chi connectivity index (χ2v) is 6.92. The summed E-state index contributed by atoms with van der Waals surface area (Å²) in [6.07, 6.45) is -0.703. The van der Waals surface area contributed by atoms with Crippen molar-refractivity contribution in [1.82, 2.24) is 16.2 Å². The lowest BCUT2D eigenvalue weighted by molar-refractivity contribution is -0.133. The predicted octanol–water partition coefficient (Wildman–Crippen LogP) is 0.720. The van der Waals surface area contributed by atoms with Gasteiger partial charge in [-0.05, 0) is 26.2 Å². The van der Waals surface area contributed by atoms with Crippen LogP contribution in [0.1, 0.15) is 41.5 Å². The highest BCUT2D eigenvalue weighted by atomic mass is 16.6. The largest absolute Gasteiger partial charge is 0.444 e. The van der Waals surface area contributed by atoms with Gasteiger partial charge in [-0.25, -0.2) is 4.79 Å². The van der Waals surface area contributed by atoms with Crippen molar-refractivity contribution in [2.24, 2.45) is 5.41 Å². The van der Waals surface area contributed by atoms with E-state index in [0.29, 0.717) is 0 Å². The third-order valence-corrected chi connectivity index (χ3v) is 2.39. The molecule has 0 unspecified atom stereocenters. The second-order valence-electron chi connectivity index (χ2n) is 6.92. The Hall–Kier alpha value is -1.83. The molecule has 0 fully saturated rings. The Bertz CT molecular complexity index is 410. The summed E-state index contributed by atoms with van der Waals surface area (Å²) >= 11 is 0. The Labute approximate surface area is 131 Å². The lowest BCUT2D eigenvalue weighted by Crippen LogP contribution is -2.58. The molecule has 1 atom stereocenters. The number of ether oxygens (including phenoxy) is 2. The first-order valence-electron chi connectivity index (χ1n) is 6.94. The summed E-state index contributed by atoms with van der Waals surface area (Å²) in [6.45, 7) is 10.3. The van der Waals surface area contributed by atoms with E-state index < -0.39 is 35.0 Å². The molecule has 0 aliphatic rings. The third kappa shape index (κ3) is 8.46. The van der Waals surface area contributed by atoms with Gasteiger partial charge in [0.2, 0.25) is 0 Å². The summed E-state index contributed by atoms with van der Waals surface area (Å²) in [5, 5.41) is 2.51. The zero-order chi connectivity index (χ0) is 17.6. The number of carbonyl (C=O) groups is 3. The number of rotatable bonds is 4. The normalized spacial score (nSPS) is 13.0. The van der Waals surface area contributed by atoms with Gasteiger partial charge in [-0.1, -0.05) is 20.8 Å².